The van der Waals surface area contributed by atoms with Gasteiger partial charge in [0.15, 0.2) is 20.8 Å². The normalized spacial score (nSPS) is 17.5. The van der Waals surface area contributed by atoms with E-state index < -0.39 is 9.84 Å². The minimum absolute atomic E-state index is 0.000230. The van der Waals surface area contributed by atoms with Gasteiger partial charge in [-0.2, -0.15) is 0 Å². The predicted molar refractivity (Wildman–Crippen MR) is 123 cm³/mol. The number of carbonyl (C=O) groups excluding carboxylic acids is 1. The van der Waals surface area contributed by atoms with Crippen molar-refractivity contribution in [3.8, 4) is 11.4 Å². The summed E-state index contributed by atoms with van der Waals surface area (Å²) < 4.78 is 25.9. The van der Waals surface area contributed by atoms with Crippen LogP contribution in [0, 0.1) is 6.92 Å². The first-order valence-corrected chi connectivity index (χ1v) is 12.8. The van der Waals surface area contributed by atoms with Gasteiger partial charge >= 0.3 is 0 Å². The van der Waals surface area contributed by atoms with Crippen molar-refractivity contribution in [2.75, 3.05) is 22.2 Å². The summed E-state index contributed by atoms with van der Waals surface area (Å²) >= 11 is 1.31. The summed E-state index contributed by atoms with van der Waals surface area (Å²) in [7, 11) is -1.24. The van der Waals surface area contributed by atoms with Crippen LogP contribution in [-0.4, -0.2) is 52.4 Å². The Balaban J connectivity index is 1.52. The molecule has 0 N–H and O–H groups in total. The van der Waals surface area contributed by atoms with Gasteiger partial charge in [-0.3, -0.25) is 4.79 Å². The molecule has 1 amide bonds. The van der Waals surface area contributed by atoms with E-state index in [2.05, 4.69) is 10.2 Å². The Morgan fingerprint density at radius 2 is 1.94 bits per heavy atom. The molecule has 0 radical (unpaired) electrons. The molecule has 0 aliphatic carbocycles. The van der Waals surface area contributed by atoms with E-state index >= 15 is 0 Å². The highest BCUT2D eigenvalue weighted by Gasteiger charge is 2.35. The summed E-state index contributed by atoms with van der Waals surface area (Å²) in [5.41, 5.74) is 2.82. The highest BCUT2D eigenvalue weighted by Crippen LogP contribution is 2.27. The third-order valence-corrected chi connectivity index (χ3v) is 8.07. The molecular weight excluding hydrogens is 432 g/mol. The molecule has 162 valence electrons. The molecule has 1 aliphatic heterocycles. The summed E-state index contributed by atoms with van der Waals surface area (Å²) in [4.78, 5) is 14.8. The lowest BCUT2D eigenvalue weighted by molar-refractivity contribution is -0.116. The highest BCUT2D eigenvalue weighted by atomic mass is 32.2. The van der Waals surface area contributed by atoms with Crippen LogP contribution in [0.3, 0.4) is 0 Å². The molecule has 1 aliphatic rings. The van der Waals surface area contributed by atoms with Gasteiger partial charge in [0.2, 0.25) is 5.91 Å². The summed E-state index contributed by atoms with van der Waals surface area (Å²) in [6.07, 6.45) is 0.453. The number of para-hydroxylation sites is 1. The molecule has 2 aromatic carbocycles. The van der Waals surface area contributed by atoms with Crippen molar-refractivity contribution < 1.29 is 13.2 Å². The Hall–Kier alpha value is -2.65. The van der Waals surface area contributed by atoms with Gasteiger partial charge in [-0.05, 0) is 31.5 Å². The number of benzene rings is 2. The minimum atomic E-state index is -3.11. The fraction of sp³-hybridized carbons (Fsp3) is 0.318. The average Bonchev–Trinajstić information content (AvgIpc) is 3.29. The van der Waals surface area contributed by atoms with Gasteiger partial charge in [0, 0.05) is 18.3 Å². The molecule has 0 bridgehead atoms. The van der Waals surface area contributed by atoms with E-state index in [1.54, 1.807) is 4.90 Å². The third kappa shape index (κ3) is 4.83. The van der Waals surface area contributed by atoms with Crippen molar-refractivity contribution in [2.24, 2.45) is 7.05 Å². The van der Waals surface area contributed by atoms with E-state index in [0.29, 0.717) is 17.3 Å². The molecule has 1 atom stereocenters. The molecular formula is C22H24N4O3S2. The van der Waals surface area contributed by atoms with Crippen LogP contribution in [-0.2, 0) is 21.7 Å². The maximum atomic E-state index is 13.2. The molecule has 1 saturated heterocycles. The lowest BCUT2D eigenvalue weighted by Crippen LogP contribution is -2.42. The second-order valence-electron chi connectivity index (χ2n) is 7.68. The second-order valence-corrected chi connectivity index (χ2v) is 10.9. The standard InChI is InChI=1S/C22H24N4O3S2/c1-16-7-6-8-17(13-16)21-23-24-22(25(21)2)30-14-20(27)26(18-9-4-3-5-10-18)19-11-12-31(28,29)15-19/h3-10,13,19H,11-12,14-15H2,1-2H3/t19-/m0/s1. The Morgan fingerprint density at radius 3 is 2.61 bits per heavy atom. The van der Waals surface area contributed by atoms with Gasteiger partial charge in [-0.1, -0.05) is 53.7 Å². The van der Waals surface area contributed by atoms with Crippen LogP contribution in [0.4, 0.5) is 5.69 Å². The lowest BCUT2D eigenvalue weighted by atomic mass is 10.1. The fourth-order valence-corrected chi connectivity index (χ4v) is 6.27. The van der Waals surface area contributed by atoms with E-state index in [1.807, 2.05) is 73.1 Å². The Kier molecular flexibility index (Phi) is 6.15. The third-order valence-electron chi connectivity index (χ3n) is 5.31. The molecule has 0 spiro atoms. The van der Waals surface area contributed by atoms with Crippen LogP contribution in [0.1, 0.15) is 12.0 Å². The zero-order chi connectivity index (χ0) is 22.0. The van der Waals surface area contributed by atoms with Gasteiger partial charge in [-0.25, -0.2) is 8.42 Å². The number of anilines is 1. The first-order valence-electron chi connectivity index (χ1n) is 10.0. The van der Waals surface area contributed by atoms with Crippen molar-refractivity contribution in [3.05, 3.63) is 60.2 Å². The van der Waals surface area contributed by atoms with Crippen LogP contribution in [0.2, 0.25) is 0 Å². The second kappa shape index (κ2) is 8.84. The Bertz CT molecular complexity index is 1190. The zero-order valence-electron chi connectivity index (χ0n) is 17.4. The van der Waals surface area contributed by atoms with Crippen molar-refractivity contribution >= 4 is 33.2 Å². The quantitative estimate of drug-likeness (QED) is 0.530. The van der Waals surface area contributed by atoms with E-state index in [4.69, 9.17) is 0 Å². The first kappa shape index (κ1) is 21.6. The first-order chi connectivity index (χ1) is 14.8. The SMILES string of the molecule is Cc1cccc(-c2nnc(SCC(=O)N(c3ccccc3)[C@H]3CCS(=O)(=O)C3)n2C)c1. The van der Waals surface area contributed by atoms with Gasteiger partial charge in [-0.15, -0.1) is 10.2 Å². The number of hydrogen-bond donors (Lipinski definition) is 0. The van der Waals surface area contributed by atoms with E-state index in [9.17, 15) is 13.2 Å². The molecule has 2 heterocycles. The smallest absolute Gasteiger partial charge is 0.237 e. The molecule has 9 heteroatoms. The van der Waals surface area contributed by atoms with E-state index in [0.717, 1.165) is 17.0 Å². The van der Waals surface area contributed by atoms with Gasteiger partial charge in [0.25, 0.3) is 0 Å². The number of hydrogen-bond acceptors (Lipinski definition) is 6. The van der Waals surface area contributed by atoms with Crippen molar-refractivity contribution in [1.82, 2.24) is 14.8 Å². The summed E-state index contributed by atoms with van der Waals surface area (Å²) in [6.45, 7) is 2.02. The van der Waals surface area contributed by atoms with E-state index in [1.165, 1.54) is 11.8 Å². The average molecular weight is 457 g/mol. The summed E-state index contributed by atoms with van der Waals surface area (Å²) in [5, 5.41) is 9.18. The molecule has 0 saturated carbocycles. The molecule has 4 rings (SSSR count). The Labute approximate surface area is 186 Å². The molecule has 7 nitrogen and oxygen atoms in total. The molecule has 31 heavy (non-hydrogen) atoms. The highest BCUT2D eigenvalue weighted by molar-refractivity contribution is 7.99. The number of amides is 1. The summed E-state index contributed by atoms with van der Waals surface area (Å²) in [5.74, 6) is 0.856. The van der Waals surface area contributed by atoms with Crippen LogP contribution in [0.5, 0.6) is 0 Å². The molecule has 1 fully saturated rings. The summed E-state index contributed by atoms with van der Waals surface area (Å²) in [6, 6.07) is 16.9. The Morgan fingerprint density at radius 1 is 1.16 bits per heavy atom. The number of aryl methyl sites for hydroxylation is 1. The van der Waals surface area contributed by atoms with E-state index in [-0.39, 0.29) is 29.2 Å². The van der Waals surface area contributed by atoms with Crippen LogP contribution < -0.4 is 4.90 Å². The van der Waals surface area contributed by atoms with Gasteiger partial charge in [0.1, 0.15) is 0 Å². The predicted octanol–water partition coefficient (Wildman–Crippen LogP) is 3.10. The number of aromatic nitrogens is 3. The zero-order valence-corrected chi connectivity index (χ0v) is 19.1. The van der Waals surface area contributed by atoms with Crippen molar-refractivity contribution in [2.45, 2.75) is 24.5 Å². The van der Waals surface area contributed by atoms with Gasteiger partial charge in [0.05, 0.1) is 23.3 Å². The van der Waals surface area contributed by atoms with Crippen LogP contribution >= 0.6 is 11.8 Å². The number of thioether (sulfide) groups is 1. The monoisotopic (exact) mass is 456 g/mol. The van der Waals surface area contributed by atoms with Crippen molar-refractivity contribution in [3.63, 3.8) is 0 Å². The maximum absolute atomic E-state index is 13.2. The topological polar surface area (TPSA) is 85.2 Å². The molecule has 0 unspecified atom stereocenters. The molecule has 1 aromatic heterocycles. The largest absolute Gasteiger partial charge is 0.308 e. The number of nitrogens with zero attached hydrogens (tertiary/aromatic N) is 4. The lowest BCUT2D eigenvalue weighted by Gasteiger charge is -2.28. The number of sulfone groups is 1. The fourth-order valence-electron chi connectivity index (χ4n) is 3.80. The van der Waals surface area contributed by atoms with Crippen LogP contribution in [0.25, 0.3) is 11.4 Å². The minimum Gasteiger partial charge on any atom is -0.308 e. The number of rotatable bonds is 6. The maximum Gasteiger partial charge on any atom is 0.237 e. The molecule has 3 aromatic rings. The van der Waals surface area contributed by atoms with Crippen molar-refractivity contribution in [1.29, 1.82) is 0 Å². The van der Waals surface area contributed by atoms with Gasteiger partial charge < -0.3 is 9.47 Å². The van der Waals surface area contributed by atoms with Crippen LogP contribution in [0.15, 0.2) is 59.8 Å². The number of carbonyl (C=O) groups is 1.